The first kappa shape index (κ1) is 6.49. The van der Waals surface area contributed by atoms with E-state index < -0.39 is 0 Å². The maximum Gasteiger partial charge on any atom is 0.230 e. The highest BCUT2D eigenvalue weighted by Gasteiger charge is 2.06. The van der Waals surface area contributed by atoms with Crippen LogP contribution in [0, 0.1) is 0 Å². The molecule has 0 radical (unpaired) electrons. The molecular weight excluding hydrogens is 142 g/mol. The van der Waals surface area contributed by atoms with Crippen molar-refractivity contribution in [3.05, 3.63) is 23.8 Å². The van der Waals surface area contributed by atoms with Crippen LogP contribution in [0.3, 0.4) is 0 Å². The molecule has 0 atom stereocenters. The van der Waals surface area contributed by atoms with Gasteiger partial charge in [-0.2, -0.15) is 0 Å². The van der Waals surface area contributed by atoms with Crippen LogP contribution in [-0.2, 0) is 6.54 Å². The molecule has 2 N–H and O–H groups in total. The van der Waals surface area contributed by atoms with Gasteiger partial charge < -0.3 is 15.2 Å². The summed E-state index contributed by atoms with van der Waals surface area (Å²) in [6, 6.07) is 5.70. The molecule has 0 aliphatic carbocycles. The predicted molar refractivity (Wildman–Crippen MR) is 40.5 cm³/mol. The summed E-state index contributed by atoms with van der Waals surface area (Å²) >= 11 is 0. The minimum absolute atomic E-state index is 0.312. The molecule has 11 heavy (non-hydrogen) atoms. The first-order valence-electron chi connectivity index (χ1n) is 3.48. The van der Waals surface area contributed by atoms with Gasteiger partial charge in [0, 0.05) is 12.6 Å². The molecule has 0 spiro atoms. The van der Waals surface area contributed by atoms with E-state index in [1.54, 1.807) is 0 Å². The Morgan fingerprint density at radius 3 is 2.36 bits per heavy atom. The van der Waals surface area contributed by atoms with Crippen LogP contribution in [-0.4, -0.2) is 6.79 Å². The molecule has 1 aliphatic heterocycles. The van der Waals surface area contributed by atoms with Gasteiger partial charge >= 0.3 is 0 Å². The third-order valence-electron chi connectivity index (χ3n) is 1.63. The summed E-state index contributed by atoms with van der Waals surface area (Å²) in [5.74, 6) is 1.68. The number of rotatable bonds is 1. The predicted octanol–water partition coefficient (Wildman–Crippen LogP) is 0.874. The summed E-state index contributed by atoms with van der Waals surface area (Å²) in [6.45, 7) is 0.833. The highest BCUT2D eigenvalue weighted by molar-refractivity contribution is 5.39. The zero-order chi connectivity index (χ0) is 7.68. The lowest BCUT2D eigenvalue weighted by atomic mass is 10.2. The Kier molecular flexibility index (Phi) is 1.43. The first-order valence-corrected chi connectivity index (χ1v) is 3.48. The molecule has 0 saturated heterocycles. The largest absolute Gasteiger partial charge is 0.457 e. The van der Waals surface area contributed by atoms with E-state index in [1.807, 2.05) is 18.2 Å². The monoisotopic (exact) mass is 151 g/mol. The zero-order valence-electron chi connectivity index (χ0n) is 6.04. The van der Waals surface area contributed by atoms with E-state index in [1.165, 1.54) is 0 Å². The number of nitrogens with two attached hydrogens (primary N) is 1. The molecule has 0 fully saturated rings. The van der Waals surface area contributed by atoms with Crippen molar-refractivity contribution in [3.63, 3.8) is 0 Å². The van der Waals surface area contributed by atoms with Gasteiger partial charge in [-0.25, -0.2) is 0 Å². The van der Waals surface area contributed by atoms with Crippen molar-refractivity contribution in [2.45, 2.75) is 6.54 Å². The van der Waals surface area contributed by atoms with Crippen LogP contribution in [0.5, 0.6) is 11.5 Å². The van der Waals surface area contributed by atoms with Gasteiger partial charge in [0.05, 0.1) is 0 Å². The molecule has 0 aromatic heterocycles. The van der Waals surface area contributed by atoms with E-state index in [2.05, 4.69) is 0 Å². The Morgan fingerprint density at radius 2 is 1.82 bits per heavy atom. The average molecular weight is 151 g/mol. The maximum atomic E-state index is 5.46. The smallest absolute Gasteiger partial charge is 0.230 e. The quantitative estimate of drug-likeness (QED) is 0.647. The van der Waals surface area contributed by atoms with Crippen molar-refractivity contribution in [2.75, 3.05) is 6.79 Å². The van der Waals surface area contributed by atoms with Gasteiger partial charge in [0.25, 0.3) is 0 Å². The van der Waals surface area contributed by atoms with Crippen LogP contribution in [0.4, 0.5) is 0 Å². The summed E-state index contributed by atoms with van der Waals surface area (Å²) in [5.41, 5.74) is 6.49. The molecule has 0 saturated carbocycles. The number of fused-ring (bicyclic) bond motifs is 2. The molecule has 2 bridgehead atoms. The minimum Gasteiger partial charge on any atom is -0.457 e. The Balaban J connectivity index is 2.44. The fourth-order valence-electron chi connectivity index (χ4n) is 1.08. The van der Waals surface area contributed by atoms with E-state index in [9.17, 15) is 0 Å². The second-order valence-electron chi connectivity index (χ2n) is 2.42. The Hall–Kier alpha value is -1.22. The third-order valence-corrected chi connectivity index (χ3v) is 1.63. The van der Waals surface area contributed by atoms with E-state index in [0.717, 1.165) is 17.1 Å². The average Bonchev–Trinajstić information content (AvgIpc) is 2.03. The van der Waals surface area contributed by atoms with Crippen LogP contribution >= 0.6 is 0 Å². The molecule has 2 rings (SSSR count). The van der Waals surface area contributed by atoms with E-state index in [0.29, 0.717) is 13.3 Å². The fourth-order valence-corrected chi connectivity index (χ4v) is 1.08. The normalized spacial score (nSPS) is 13.5. The SMILES string of the molecule is NCc1cc2cc(c1)OCO2. The van der Waals surface area contributed by atoms with Crippen LogP contribution < -0.4 is 15.2 Å². The highest BCUT2D eigenvalue weighted by atomic mass is 16.7. The molecule has 1 aliphatic rings. The number of ether oxygens (including phenoxy) is 2. The summed E-state index contributed by atoms with van der Waals surface area (Å²) in [7, 11) is 0. The number of benzene rings is 1. The van der Waals surface area contributed by atoms with Gasteiger partial charge in [0.15, 0.2) is 0 Å². The molecular formula is C8H9NO2. The van der Waals surface area contributed by atoms with Crippen molar-refractivity contribution in [1.82, 2.24) is 0 Å². The van der Waals surface area contributed by atoms with Gasteiger partial charge in [-0.3, -0.25) is 0 Å². The van der Waals surface area contributed by atoms with Crippen molar-refractivity contribution < 1.29 is 9.47 Å². The van der Waals surface area contributed by atoms with Gasteiger partial charge in [-0.05, 0) is 17.7 Å². The fraction of sp³-hybridized carbons (Fsp3) is 0.250. The van der Waals surface area contributed by atoms with Crippen LogP contribution in [0.15, 0.2) is 18.2 Å². The van der Waals surface area contributed by atoms with Crippen LogP contribution in [0.25, 0.3) is 0 Å². The third kappa shape index (κ3) is 1.14. The summed E-state index contributed by atoms with van der Waals surface area (Å²) in [4.78, 5) is 0. The summed E-state index contributed by atoms with van der Waals surface area (Å²) in [5, 5.41) is 0. The highest BCUT2D eigenvalue weighted by Crippen LogP contribution is 2.25. The standard InChI is InChI=1S/C8H9NO2/c9-4-6-1-7-3-8(2-6)11-5-10-7/h1-3H,4-5,9H2. The van der Waals surface area contributed by atoms with Gasteiger partial charge in [0.2, 0.25) is 6.79 Å². The molecule has 0 amide bonds. The first-order chi connectivity index (χ1) is 5.38. The molecule has 0 unspecified atom stereocenters. The van der Waals surface area contributed by atoms with Gasteiger partial charge in [0.1, 0.15) is 11.5 Å². The lowest BCUT2D eigenvalue weighted by molar-refractivity contribution is 0.105. The Bertz CT molecular complexity index is 249. The van der Waals surface area contributed by atoms with Crippen LogP contribution in [0.1, 0.15) is 5.56 Å². The van der Waals surface area contributed by atoms with Crippen LogP contribution in [0.2, 0.25) is 0 Å². The second kappa shape index (κ2) is 2.43. The van der Waals surface area contributed by atoms with Gasteiger partial charge in [-0.1, -0.05) is 0 Å². The van der Waals surface area contributed by atoms with Crippen molar-refractivity contribution >= 4 is 0 Å². The zero-order valence-corrected chi connectivity index (χ0v) is 6.04. The van der Waals surface area contributed by atoms with E-state index in [4.69, 9.17) is 15.2 Å². The molecule has 1 aromatic carbocycles. The number of hydrogen-bond acceptors (Lipinski definition) is 3. The Labute approximate surface area is 64.7 Å². The Morgan fingerprint density at radius 1 is 1.18 bits per heavy atom. The van der Waals surface area contributed by atoms with Crippen molar-refractivity contribution in [3.8, 4) is 11.5 Å². The van der Waals surface area contributed by atoms with Crippen molar-refractivity contribution in [1.29, 1.82) is 0 Å². The van der Waals surface area contributed by atoms with E-state index in [-0.39, 0.29) is 0 Å². The number of hydrogen-bond donors (Lipinski definition) is 1. The summed E-state index contributed by atoms with van der Waals surface area (Å²) in [6.07, 6.45) is 0. The molecule has 3 heteroatoms. The molecule has 1 aromatic rings. The maximum absolute atomic E-state index is 5.46. The topological polar surface area (TPSA) is 44.5 Å². The van der Waals surface area contributed by atoms with E-state index >= 15 is 0 Å². The molecule has 58 valence electrons. The van der Waals surface area contributed by atoms with Gasteiger partial charge in [-0.15, -0.1) is 0 Å². The second-order valence-corrected chi connectivity index (χ2v) is 2.42. The lowest BCUT2D eigenvalue weighted by Crippen LogP contribution is -2.11. The molecule has 1 heterocycles. The minimum atomic E-state index is 0.312. The summed E-state index contributed by atoms with van der Waals surface area (Å²) < 4.78 is 10.3. The van der Waals surface area contributed by atoms with Crippen molar-refractivity contribution in [2.24, 2.45) is 5.73 Å². The molecule has 3 nitrogen and oxygen atoms in total. The lowest BCUT2D eigenvalue weighted by Gasteiger charge is -2.16.